The lowest BCUT2D eigenvalue weighted by Crippen LogP contribution is -2.25. The summed E-state index contributed by atoms with van der Waals surface area (Å²) in [5.41, 5.74) is 0.280. The zero-order valence-corrected chi connectivity index (χ0v) is 19.9. The molecule has 1 aliphatic rings. The zero-order valence-electron chi connectivity index (χ0n) is 19.0. The number of thioether (sulfide) groups is 1. The molecule has 0 unspecified atom stereocenters. The van der Waals surface area contributed by atoms with Crippen LogP contribution in [0, 0.1) is 11.6 Å². The molecule has 0 bridgehead atoms. The van der Waals surface area contributed by atoms with Gasteiger partial charge in [0.15, 0.2) is 17.3 Å². The Morgan fingerprint density at radius 3 is 2.72 bits per heavy atom. The smallest absolute Gasteiger partial charge is 0.265 e. The summed E-state index contributed by atoms with van der Waals surface area (Å²) in [4.78, 5) is 31.0. The number of benzene rings is 2. The molecule has 0 saturated heterocycles. The molecule has 0 fully saturated rings. The van der Waals surface area contributed by atoms with Gasteiger partial charge < -0.3 is 10.1 Å². The van der Waals surface area contributed by atoms with Gasteiger partial charge in [0.1, 0.15) is 17.4 Å². The molecule has 0 atom stereocenters. The maximum atomic E-state index is 14.9. The molecular weight excluding hydrogens is 484 g/mol. The van der Waals surface area contributed by atoms with E-state index in [0.29, 0.717) is 22.8 Å². The summed E-state index contributed by atoms with van der Waals surface area (Å²) in [6.45, 7) is 0.809. The summed E-state index contributed by atoms with van der Waals surface area (Å²) >= 11 is 1.60. The Bertz CT molecular complexity index is 1490. The summed E-state index contributed by atoms with van der Waals surface area (Å²) in [5, 5.41) is 3.25. The van der Waals surface area contributed by atoms with E-state index in [1.165, 1.54) is 53.2 Å². The monoisotopic (exact) mass is 505 g/mol. The summed E-state index contributed by atoms with van der Waals surface area (Å²) in [6.07, 6.45) is 3.93. The molecule has 2 aromatic heterocycles. The Hall–Kier alpha value is -3.98. The molecule has 9 heteroatoms. The van der Waals surface area contributed by atoms with Crippen LogP contribution in [0.15, 0.2) is 82.7 Å². The van der Waals surface area contributed by atoms with E-state index in [0.717, 1.165) is 23.6 Å². The number of hydrogen-bond donors (Lipinski definition) is 1. The number of ether oxygens (including phenoxy) is 1. The number of hydrogen-bond acceptors (Lipinski definition) is 6. The summed E-state index contributed by atoms with van der Waals surface area (Å²) in [6, 6.07) is 14.4. The van der Waals surface area contributed by atoms with Crippen LogP contribution in [-0.4, -0.2) is 27.6 Å². The predicted molar refractivity (Wildman–Crippen MR) is 135 cm³/mol. The Balaban J connectivity index is 1.35. The van der Waals surface area contributed by atoms with Gasteiger partial charge in [0.2, 0.25) is 0 Å². The third-order valence-corrected chi connectivity index (χ3v) is 6.84. The quantitative estimate of drug-likeness (QED) is 0.342. The Morgan fingerprint density at radius 1 is 1.08 bits per heavy atom. The molecule has 0 spiro atoms. The van der Waals surface area contributed by atoms with E-state index in [1.807, 2.05) is 0 Å². The number of Topliss-reactive ketones (excluding diaryl/α,β-unsaturated/α-hetero) is 1. The van der Waals surface area contributed by atoms with Crippen LogP contribution in [0.4, 0.5) is 14.6 Å². The fourth-order valence-electron chi connectivity index (χ4n) is 3.88. The number of carbonyl (C=O) groups excluding carboxylic acids is 1. The molecule has 3 heterocycles. The van der Waals surface area contributed by atoms with E-state index >= 15 is 0 Å². The predicted octanol–water partition coefficient (Wildman–Crippen LogP) is 5.64. The minimum Gasteiger partial charge on any atom is -0.453 e. The van der Waals surface area contributed by atoms with Crippen molar-refractivity contribution in [1.29, 1.82) is 0 Å². The van der Waals surface area contributed by atoms with E-state index in [1.54, 1.807) is 36.2 Å². The first-order chi connectivity index (χ1) is 17.5. The normalized spacial score (nSPS) is 12.8. The molecule has 0 amide bonds. The number of nitrogens with one attached hydrogen (secondary N) is 1. The highest BCUT2D eigenvalue weighted by Gasteiger charge is 2.18. The average Bonchev–Trinajstić information content (AvgIpc) is 3.13. The molecule has 0 aliphatic carbocycles. The van der Waals surface area contributed by atoms with Crippen LogP contribution in [0.2, 0.25) is 0 Å². The number of carbonyl (C=O) groups is 1. The topological polar surface area (TPSA) is 73.2 Å². The van der Waals surface area contributed by atoms with Crippen molar-refractivity contribution in [2.45, 2.75) is 17.7 Å². The number of aromatic nitrogens is 2. The van der Waals surface area contributed by atoms with Gasteiger partial charge in [-0.15, -0.1) is 11.8 Å². The van der Waals surface area contributed by atoms with Crippen LogP contribution < -0.4 is 15.6 Å². The summed E-state index contributed by atoms with van der Waals surface area (Å²) < 4.78 is 35.3. The van der Waals surface area contributed by atoms with Crippen LogP contribution in [-0.2, 0) is 6.42 Å². The van der Waals surface area contributed by atoms with Gasteiger partial charge in [0.25, 0.3) is 5.56 Å². The van der Waals surface area contributed by atoms with Crippen molar-refractivity contribution >= 4 is 23.4 Å². The molecule has 2 aromatic carbocycles. The van der Waals surface area contributed by atoms with Gasteiger partial charge in [0, 0.05) is 37.1 Å². The van der Waals surface area contributed by atoms with E-state index in [4.69, 9.17) is 4.74 Å². The van der Waals surface area contributed by atoms with E-state index in [9.17, 15) is 18.4 Å². The van der Waals surface area contributed by atoms with Gasteiger partial charge in [-0.1, -0.05) is 6.07 Å². The van der Waals surface area contributed by atoms with Crippen LogP contribution in [0.1, 0.15) is 22.3 Å². The molecule has 0 saturated carbocycles. The van der Waals surface area contributed by atoms with Crippen LogP contribution >= 0.6 is 11.8 Å². The lowest BCUT2D eigenvalue weighted by molar-refractivity contribution is 0.0991. The first-order valence-corrected chi connectivity index (χ1v) is 12.3. The lowest BCUT2D eigenvalue weighted by Gasteiger charge is -2.13. The summed E-state index contributed by atoms with van der Waals surface area (Å²) in [5.74, 6) is 0.653. The Morgan fingerprint density at radius 2 is 1.92 bits per heavy atom. The zero-order chi connectivity index (χ0) is 25.1. The number of nitrogens with zero attached hydrogens (tertiary/aromatic N) is 2. The second-order valence-electron chi connectivity index (χ2n) is 8.16. The van der Waals surface area contributed by atoms with Crippen LogP contribution in [0.5, 0.6) is 11.5 Å². The number of anilines is 1. The van der Waals surface area contributed by atoms with Gasteiger partial charge in [-0.2, -0.15) is 0 Å². The van der Waals surface area contributed by atoms with Crippen molar-refractivity contribution in [1.82, 2.24) is 9.55 Å². The minimum absolute atomic E-state index is 0.0304. The standard InChI is InChI=1S/C27H21F2N3O3S/c28-18-5-7-19(8-6-18)32-13-1-3-20(27(32)34)22(33)16-17-4-9-23(21(29)15-17)35-24-10-12-31-26-25(24)36-14-2-11-30-26/h1,3-10,12-13,15H,2,11,14,16H2,(H,30,31). The second-order valence-corrected chi connectivity index (χ2v) is 9.26. The van der Waals surface area contributed by atoms with Gasteiger partial charge >= 0.3 is 0 Å². The molecule has 0 radical (unpaired) electrons. The van der Waals surface area contributed by atoms with Crippen molar-refractivity contribution in [3.63, 3.8) is 0 Å². The van der Waals surface area contributed by atoms with Crippen molar-refractivity contribution in [2.24, 2.45) is 0 Å². The van der Waals surface area contributed by atoms with Gasteiger partial charge in [0.05, 0.1) is 10.5 Å². The fourth-order valence-corrected chi connectivity index (χ4v) is 4.88. The summed E-state index contributed by atoms with van der Waals surface area (Å²) in [7, 11) is 0. The maximum Gasteiger partial charge on any atom is 0.265 e. The fraction of sp³-hybridized carbons (Fsp3) is 0.148. The Kier molecular flexibility index (Phi) is 6.81. The third-order valence-electron chi connectivity index (χ3n) is 5.66. The number of rotatable bonds is 6. The highest BCUT2D eigenvalue weighted by molar-refractivity contribution is 7.99. The SMILES string of the molecule is O=C(Cc1ccc(Oc2ccnc3c2SCCCN3)c(F)c1)c1cccn(-c2ccc(F)cc2)c1=O. The molecule has 5 rings (SSSR count). The number of fused-ring (bicyclic) bond motifs is 1. The van der Waals surface area contributed by atoms with Gasteiger partial charge in [-0.3, -0.25) is 14.2 Å². The molecule has 1 aliphatic heterocycles. The largest absolute Gasteiger partial charge is 0.453 e. The number of ketones is 1. The van der Waals surface area contributed by atoms with Gasteiger partial charge in [-0.25, -0.2) is 13.8 Å². The van der Waals surface area contributed by atoms with Crippen molar-refractivity contribution in [3.8, 4) is 17.2 Å². The molecular formula is C27H21F2N3O3S. The molecule has 36 heavy (non-hydrogen) atoms. The second kappa shape index (κ2) is 10.3. The molecule has 1 N–H and O–H groups in total. The first-order valence-electron chi connectivity index (χ1n) is 11.3. The minimum atomic E-state index is -0.616. The molecule has 4 aromatic rings. The van der Waals surface area contributed by atoms with Crippen molar-refractivity contribution in [2.75, 3.05) is 17.6 Å². The maximum absolute atomic E-state index is 14.9. The van der Waals surface area contributed by atoms with Crippen molar-refractivity contribution < 1.29 is 18.3 Å². The van der Waals surface area contributed by atoms with Gasteiger partial charge in [-0.05, 0) is 66.3 Å². The molecule has 182 valence electrons. The van der Waals surface area contributed by atoms with E-state index < -0.39 is 23.0 Å². The van der Waals surface area contributed by atoms with Crippen LogP contribution in [0.25, 0.3) is 5.69 Å². The third kappa shape index (κ3) is 5.01. The highest BCUT2D eigenvalue weighted by atomic mass is 32.2. The van der Waals surface area contributed by atoms with E-state index in [2.05, 4.69) is 10.3 Å². The molecule has 6 nitrogen and oxygen atoms in total. The first kappa shape index (κ1) is 23.7. The van der Waals surface area contributed by atoms with E-state index in [-0.39, 0.29) is 17.7 Å². The van der Waals surface area contributed by atoms with Crippen LogP contribution in [0.3, 0.4) is 0 Å². The average molecular weight is 506 g/mol. The highest BCUT2D eigenvalue weighted by Crippen LogP contribution is 2.39. The lowest BCUT2D eigenvalue weighted by atomic mass is 10.0. The van der Waals surface area contributed by atoms with Crippen molar-refractivity contribution in [3.05, 3.63) is 106 Å². The number of pyridine rings is 2. The Labute approximate surface area is 210 Å². The number of halogens is 2.